The summed E-state index contributed by atoms with van der Waals surface area (Å²) in [6.07, 6.45) is 3.52. The Morgan fingerprint density at radius 2 is 2.45 bits per heavy atom. The van der Waals surface area contributed by atoms with Crippen LogP contribution in [0.5, 0.6) is 0 Å². The number of aromatic nitrogens is 1. The van der Waals surface area contributed by atoms with Gasteiger partial charge in [0.1, 0.15) is 0 Å². The molecule has 0 atom stereocenters. The molecule has 1 aromatic rings. The third-order valence-corrected chi connectivity index (χ3v) is 1.72. The van der Waals surface area contributed by atoms with Crippen LogP contribution in [0.15, 0.2) is 18.5 Å². The number of Topliss-reactive ketones (excluding diaryl/α,β-unsaturated/α-hetero) is 1. The number of nitrogens with zero attached hydrogens (tertiary/aromatic N) is 1. The number of hydrogen-bond donors (Lipinski definition) is 0. The van der Waals surface area contributed by atoms with Crippen LogP contribution < -0.4 is 0 Å². The van der Waals surface area contributed by atoms with Crippen molar-refractivity contribution in [3.05, 3.63) is 29.0 Å². The normalized spacial score (nSPS) is 9.64. The van der Waals surface area contributed by atoms with Crippen molar-refractivity contribution in [2.75, 3.05) is 0 Å². The molecule has 0 saturated heterocycles. The van der Waals surface area contributed by atoms with E-state index in [1.54, 1.807) is 19.2 Å². The maximum Gasteiger partial charge on any atom is 0.165 e. The van der Waals surface area contributed by atoms with Crippen LogP contribution in [0, 0.1) is 0 Å². The lowest BCUT2D eigenvalue weighted by atomic mass is 10.1. The largest absolute Gasteiger partial charge is 0.294 e. The zero-order valence-corrected chi connectivity index (χ0v) is 6.93. The van der Waals surface area contributed by atoms with Crippen molar-refractivity contribution >= 4 is 17.4 Å². The lowest BCUT2D eigenvalue weighted by Gasteiger charge is -1.97. The van der Waals surface area contributed by atoms with Gasteiger partial charge in [-0.15, -0.1) is 0 Å². The predicted octanol–water partition coefficient (Wildman–Crippen LogP) is 2.33. The quantitative estimate of drug-likeness (QED) is 0.636. The predicted molar refractivity (Wildman–Crippen MR) is 43.9 cm³/mol. The fourth-order valence-electron chi connectivity index (χ4n) is 0.773. The Balaban J connectivity index is 3.03. The van der Waals surface area contributed by atoms with E-state index >= 15 is 0 Å². The molecule has 0 fully saturated rings. The van der Waals surface area contributed by atoms with Gasteiger partial charge in [-0.1, -0.05) is 18.5 Å². The fourth-order valence-corrected chi connectivity index (χ4v) is 0.984. The smallest absolute Gasteiger partial charge is 0.165 e. The summed E-state index contributed by atoms with van der Waals surface area (Å²) < 4.78 is 0. The summed E-state index contributed by atoms with van der Waals surface area (Å²) >= 11 is 5.74. The van der Waals surface area contributed by atoms with Crippen LogP contribution in [0.4, 0.5) is 0 Å². The van der Waals surface area contributed by atoms with E-state index in [2.05, 4.69) is 4.98 Å². The maximum absolute atomic E-state index is 11.1. The van der Waals surface area contributed by atoms with Crippen LogP contribution >= 0.6 is 11.6 Å². The van der Waals surface area contributed by atoms with Crippen molar-refractivity contribution in [2.45, 2.75) is 13.3 Å². The summed E-state index contributed by atoms with van der Waals surface area (Å²) in [6, 6.07) is 1.62. The number of hydrogen-bond acceptors (Lipinski definition) is 2. The van der Waals surface area contributed by atoms with E-state index < -0.39 is 0 Å². The lowest BCUT2D eigenvalue weighted by molar-refractivity contribution is 0.0988. The number of rotatable bonds is 2. The molecular formula is C8H8ClNO. The van der Waals surface area contributed by atoms with Crippen LogP contribution in [0.3, 0.4) is 0 Å². The molecule has 0 saturated carbocycles. The van der Waals surface area contributed by atoms with Gasteiger partial charge in [0, 0.05) is 18.8 Å². The van der Waals surface area contributed by atoms with Crippen molar-refractivity contribution in [3.8, 4) is 0 Å². The maximum atomic E-state index is 11.1. The SMILES string of the molecule is CCC(=O)c1cnccc1Cl. The first kappa shape index (κ1) is 8.21. The first-order valence-electron chi connectivity index (χ1n) is 3.38. The number of carbonyl (C=O) groups is 1. The van der Waals surface area contributed by atoms with E-state index in [9.17, 15) is 4.79 Å². The summed E-state index contributed by atoms with van der Waals surface area (Å²) in [5.74, 6) is 0.0306. The highest BCUT2D eigenvalue weighted by atomic mass is 35.5. The van der Waals surface area contributed by atoms with Crippen molar-refractivity contribution in [1.29, 1.82) is 0 Å². The van der Waals surface area contributed by atoms with E-state index in [1.165, 1.54) is 6.20 Å². The van der Waals surface area contributed by atoms with E-state index in [0.717, 1.165) is 0 Å². The Morgan fingerprint density at radius 1 is 1.73 bits per heavy atom. The molecule has 1 aromatic heterocycles. The van der Waals surface area contributed by atoms with Gasteiger partial charge in [-0.2, -0.15) is 0 Å². The summed E-state index contributed by atoms with van der Waals surface area (Å²) in [5.41, 5.74) is 0.511. The monoisotopic (exact) mass is 169 g/mol. The molecular weight excluding hydrogens is 162 g/mol. The molecule has 3 heteroatoms. The molecule has 11 heavy (non-hydrogen) atoms. The molecule has 0 amide bonds. The van der Waals surface area contributed by atoms with E-state index in [1.807, 2.05) is 0 Å². The van der Waals surface area contributed by atoms with Crippen molar-refractivity contribution < 1.29 is 4.79 Å². The standard InChI is InChI=1S/C8H8ClNO/c1-2-8(11)6-5-10-4-3-7(6)9/h3-5H,2H2,1H3. The highest BCUT2D eigenvalue weighted by Crippen LogP contribution is 2.14. The van der Waals surface area contributed by atoms with Gasteiger partial charge in [-0.25, -0.2) is 0 Å². The summed E-state index contributed by atoms with van der Waals surface area (Å²) in [5, 5.41) is 0.479. The highest BCUT2D eigenvalue weighted by Gasteiger charge is 2.06. The van der Waals surface area contributed by atoms with Gasteiger partial charge in [0.15, 0.2) is 5.78 Å². The number of ketones is 1. The lowest BCUT2D eigenvalue weighted by Crippen LogP contribution is -1.97. The Kier molecular flexibility index (Phi) is 2.60. The average molecular weight is 170 g/mol. The van der Waals surface area contributed by atoms with Gasteiger partial charge < -0.3 is 0 Å². The van der Waals surface area contributed by atoms with Crippen LogP contribution in [0.2, 0.25) is 5.02 Å². The van der Waals surface area contributed by atoms with Crippen LogP contribution in [0.1, 0.15) is 23.7 Å². The molecule has 1 rings (SSSR count). The molecule has 2 nitrogen and oxygen atoms in total. The van der Waals surface area contributed by atoms with Gasteiger partial charge in [-0.05, 0) is 6.07 Å². The third kappa shape index (κ3) is 1.77. The third-order valence-electron chi connectivity index (χ3n) is 1.39. The molecule has 1 heterocycles. The number of halogens is 1. The topological polar surface area (TPSA) is 30.0 Å². The Labute approximate surface area is 70.2 Å². The summed E-state index contributed by atoms with van der Waals surface area (Å²) in [4.78, 5) is 14.9. The fraction of sp³-hybridized carbons (Fsp3) is 0.250. The Morgan fingerprint density at radius 3 is 3.00 bits per heavy atom. The van der Waals surface area contributed by atoms with Crippen LogP contribution in [-0.2, 0) is 0 Å². The molecule has 0 N–H and O–H groups in total. The van der Waals surface area contributed by atoms with Gasteiger partial charge in [0.25, 0.3) is 0 Å². The summed E-state index contributed by atoms with van der Waals surface area (Å²) in [7, 11) is 0. The molecule has 0 aliphatic heterocycles. The molecule has 0 radical (unpaired) electrons. The minimum absolute atomic E-state index is 0.0306. The Bertz CT molecular complexity index is 273. The van der Waals surface area contributed by atoms with Crippen molar-refractivity contribution in [1.82, 2.24) is 4.98 Å². The van der Waals surface area contributed by atoms with E-state index in [0.29, 0.717) is 17.0 Å². The minimum atomic E-state index is 0.0306. The molecule has 0 unspecified atom stereocenters. The van der Waals surface area contributed by atoms with Gasteiger partial charge in [0.05, 0.1) is 10.6 Å². The molecule has 0 spiro atoms. The molecule has 0 bridgehead atoms. The number of carbonyl (C=O) groups excluding carboxylic acids is 1. The van der Waals surface area contributed by atoms with E-state index in [4.69, 9.17) is 11.6 Å². The second kappa shape index (κ2) is 3.49. The van der Waals surface area contributed by atoms with E-state index in [-0.39, 0.29) is 5.78 Å². The minimum Gasteiger partial charge on any atom is -0.294 e. The van der Waals surface area contributed by atoms with Crippen LogP contribution in [0.25, 0.3) is 0 Å². The van der Waals surface area contributed by atoms with Gasteiger partial charge in [0.2, 0.25) is 0 Å². The first-order valence-corrected chi connectivity index (χ1v) is 3.76. The molecule has 58 valence electrons. The van der Waals surface area contributed by atoms with Gasteiger partial charge in [-0.3, -0.25) is 9.78 Å². The van der Waals surface area contributed by atoms with Gasteiger partial charge >= 0.3 is 0 Å². The second-order valence-corrected chi connectivity index (χ2v) is 2.54. The highest BCUT2D eigenvalue weighted by molar-refractivity contribution is 6.33. The Hall–Kier alpha value is -0.890. The zero-order chi connectivity index (χ0) is 8.27. The second-order valence-electron chi connectivity index (χ2n) is 2.13. The molecule has 0 aliphatic carbocycles. The van der Waals surface area contributed by atoms with Crippen LogP contribution in [-0.4, -0.2) is 10.8 Å². The first-order chi connectivity index (χ1) is 5.25. The average Bonchev–Trinajstić information content (AvgIpc) is 2.04. The molecule has 0 aromatic carbocycles. The summed E-state index contributed by atoms with van der Waals surface area (Å²) in [6.45, 7) is 1.80. The van der Waals surface area contributed by atoms with Crippen molar-refractivity contribution in [2.24, 2.45) is 0 Å². The van der Waals surface area contributed by atoms with Crippen molar-refractivity contribution in [3.63, 3.8) is 0 Å². The zero-order valence-electron chi connectivity index (χ0n) is 6.17. The number of pyridine rings is 1. The molecule has 0 aliphatic rings.